The zero-order chi connectivity index (χ0) is 18.4. The molecular formula is C21H26ClN3O. The summed E-state index contributed by atoms with van der Waals surface area (Å²) in [6.07, 6.45) is 3.84. The van der Waals surface area contributed by atoms with Crippen molar-refractivity contribution in [1.29, 1.82) is 0 Å². The lowest BCUT2D eigenvalue weighted by Gasteiger charge is -2.28. The summed E-state index contributed by atoms with van der Waals surface area (Å²) in [5.41, 5.74) is 3.12. The Balaban J connectivity index is 1.48. The molecule has 2 aromatic rings. The van der Waals surface area contributed by atoms with Gasteiger partial charge < -0.3 is 15.5 Å². The highest BCUT2D eigenvalue weighted by atomic mass is 35.5. The summed E-state index contributed by atoms with van der Waals surface area (Å²) >= 11 is 6.02. The number of carbonyl (C=O) groups is 1. The maximum atomic E-state index is 12.2. The summed E-state index contributed by atoms with van der Waals surface area (Å²) in [5, 5.41) is 6.88. The Morgan fingerprint density at radius 1 is 1.12 bits per heavy atom. The van der Waals surface area contributed by atoms with Gasteiger partial charge in [0, 0.05) is 35.5 Å². The third-order valence-electron chi connectivity index (χ3n) is 4.79. The lowest BCUT2D eigenvalue weighted by atomic mass is 10.1. The van der Waals surface area contributed by atoms with E-state index in [9.17, 15) is 4.79 Å². The number of hydrogen-bond donors (Lipinski definition) is 2. The molecule has 0 aliphatic carbocycles. The van der Waals surface area contributed by atoms with Crippen LogP contribution in [0.4, 0.5) is 11.4 Å². The third-order valence-corrected chi connectivity index (χ3v) is 5.02. The number of piperidine rings is 1. The van der Waals surface area contributed by atoms with Crippen molar-refractivity contribution in [2.24, 2.45) is 0 Å². The highest BCUT2D eigenvalue weighted by Gasteiger charge is 2.11. The average molecular weight is 372 g/mol. The minimum atomic E-state index is -0.0513. The first kappa shape index (κ1) is 18.7. The van der Waals surface area contributed by atoms with E-state index in [1.54, 1.807) is 0 Å². The SMILES string of the molecule is C[C@H](NCC(=O)Nc1ccc(N2CCCCC2)cc1)c1cccc(Cl)c1. The van der Waals surface area contributed by atoms with Crippen molar-refractivity contribution in [2.75, 3.05) is 29.9 Å². The van der Waals surface area contributed by atoms with Gasteiger partial charge in [-0.25, -0.2) is 0 Å². The summed E-state index contributed by atoms with van der Waals surface area (Å²) in [5.74, 6) is -0.0513. The van der Waals surface area contributed by atoms with Crippen LogP contribution < -0.4 is 15.5 Å². The second kappa shape index (κ2) is 9.06. The number of hydrogen-bond acceptors (Lipinski definition) is 3. The molecule has 0 radical (unpaired) electrons. The Morgan fingerprint density at radius 2 is 1.85 bits per heavy atom. The molecule has 1 aliphatic heterocycles. The summed E-state index contributed by atoms with van der Waals surface area (Å²) in [4.78, 5) is 14.6. The maximum absolute atomic E-state index is 12.2. The van der Waals surface area contributed by atoms with Gasteiger partial charge in [-0.2, -0.15) is 0 Å². The smallest absolute Gasteiger partial charge is 0.238 e. The number of nitrogens with one attached hydrogen (secondary N) is 2. The Morgan fingerprint density at radius 3 is 2.54 bits per heavy atom. The molecule has 0 unspecified atom stereocenters. The monoisotopic (exact) mass is 371 g/mol. The first-order valence-corrected chi connectivity index (χ1v) is 9.63. The number of halogens is 1. The summed E-state index contributed by atoms with van der Waals surface area (Å²) in [6.45, 7) is 4.52. The quantitative estimate of drug-likeness (QED) is 0.778. The lowest BCUT2D eigenvalue weighted by Crippen LogP contribution is -2.30. The first-order valence-electron chi connectivity index (χ1n) is 9.25. The number of nitrogens with zero attached hydrogens (tertiary/aromatic N) is 1. The van der Waals surface area contributed by atoms with Gasteiger partial charge in [0.15, 0.2) is 0 Å². The van der Waals surface area contributed by atoms with Crippen LogP contribution in [0.3, 0.4) is 0 Å². The van der Waals surface area contributed by atoms with Crippen molar-refractivity contribution in [3.8, 4) is 0 Å². The first-order chi connectivity index (χ1) is 12.6. The fourth-order valence-electron chi connectivity index (χ4n) is 3.25. The Hall–Kier alpha value is -2.04. The van der Waals surface area contributed by atoms with Crippen LogP contribution in [-0.4, -0.2) is 25.5 Å². The fourth-order valence-corrected chi connectivity index (χ4v) is 3.45. The van der Waals surface area contributed by atoms with Crippen LogP contribution in [0, 0.1) is 0 Å². The van der Waals surface area contributed by atoms with Gasteiger partial charge in [-0.1, -0.05) is 23.7 Å². The molecule has 0 aromatic heterocycles. The highest BCUT2D eigenvalue weighted by Crippen LogP contribution is 2.22. The van der Waals surface area contributed by atoms with E-state index in [1.807, 2.05) is 43.3 Å². The van der Waals surface area contributed by atoms with Crippen molar-refractivity contribution >= 4 is 28.9 Å². The lowest BCUT2D eigenvalue weighted by molar-refractivity contribution is -0.115. The van der Waals surface area contributed by atoms with Crippen LogP contribution in [0.15, 0.2) is 48.5 Å². The van der Waals surface area contributed by atoms with Gasteiger partial charge >= 0.3 is 0 Å². The molecule has 1 fully saturated rings. The largest absolute Gasteiger partial charge is 0.372 e. The second-order valence-corrected chi connectivity index (χ2v) is 7.24. The van der Waals surface area contributed by atoms with Gasteiger partial charge in [0.1, 0.15) is 0 Å². The molecule has 2 aromatic carbocycles. The van der Waals surface area contributed by atoms with Gasteiger partial charge in [-0.05, 0) is 68.1 Å². The normalized spacial score (nSPS) is 15.5. The minimum Gasteiger partial charge on any atom is -0.372 e. The molecule has 1 saturated heterocycles. The molecule has 0 spiro atoms. The zero-order valence-electron chi connectivity index (χ0n) is 15.2. The molecule has 138 valence electrons. The number of amides is 1. The summed E-state index contributed by atoms with van der Waals surface area (Å²) in [7, 11) is 0. The predicted molar refractivity (Wildman–Crippen MR) is 109 cm³/mol. The van der Waals surface area contributed by atoms with Gasteiger partial charge in [-0.3, -0.25) is 4.79 Å². The second-order valence-electron chi connectivity index (χ2n) is 6.80. The average Bonchev–Trinajstić information content (AvgIpc) is 2.67. The fraction of sp³-hybridized carbons (Fsp3) is 0.381. The third kappa shape index (κ3) is 5.23. The van der Waals surface area contributed by atoms with Gasteiger partial charge in [0.25, 0.3) is 0 Å². The van der Waals surface area contributed by atoms with Crippen LogP contribution in [0.25, 0.3) is 0 Å². The molecule has 3 rings (SSSR count). The molecule has 1 atom stereocenters. The zero-order valence-corrected chi connectivity index (χ0v) is 15.9. The maximum Gasteiger partial charge on any atom is 0.238 e. The topological polar surface area (TPSA) is 44.4 Å². The number of benzene rings is 2. The van der Waals surface area contributed by atoms with Crippen LogP contribution in [-0.2, 0) is 4.79 Å². The molecule has 1 heterocycles. The van der Waals surface area contributed by atoms with E-state index in [2.05, 4.69) is 27.7 Å². The highest BCUT2D eigenvalue weighted by molar-refractivity contribution is 6.30. The van der Waals surface area contributed by atoms with Crippen LogP contribution in [0.1, 0.15) is 37.8 Å². The van der Waals surface area contributed by atoms with Gasteiger partial charge in [0.2, 0.25) is 5.91 Å². The molecule has 0 bridgehead atoms. The van der Waals surface area contributed by atoms with E-state index < -0.39 is 0 Å². The molecule has 0 saturated carbocycles. The van der Waals surface area contributed by atoms with Crippen molar-refractivity contribution in [1.82, 2.24) is 5.32 Å². The van der Waals surface area contributed by atoms with E-state index in [1.165, 1.54) is 24.9 Å². The Kier molecular flexibility index (Phi) is 6.53. The van der Waals surface area contributed by atoms with Crippen molar-refractivity contribution in [3.05, 3.63) is 59.1 Å². The van der Waals surface area contributed by atoms with Crippen molar-refractivity contribution < 1.29 is 4.79 Å². The van der Waals surface area contributed by atoms with Crippen molar-refractivity contribution in [3.63, 3.8) is 0 Å². The number of carbonyl (C=O) groups excluding carboxylic acids is 1. The van der Waals surface area contributed by atoms with E-state index >= 15 is 0 Å². The molecule has 26 heavy (non-hydrogen) atoms. The van der Waals surface area contributed by atoms with E-state index in [-0.39, 0.29) is 18.5 Å². The van der Waals surface area contributed by atoms with Gasteiger partial charge in [-0.15, -0.1) is 0 Å². The molecule has 5 heteroatoms. The Labute approximate surface area is 160 Å². The molecule has 2 N–H and O–H groups in total. The van der Waals surface area contributed by atoms with Crippen LogP contribution >= 0.6 is 11.6 Å². The molecule has 4 nitrogen and oxygen atoms in total. The van der Waals surface area contributed by atoms with E-state index in [0.717, 1.165) is 24.3 Å². The standard InChI is InChI=1S/C21H26ClN3O/c1-16(17-6-5-7-18(22)14-17)23-15-21(26)24-19-8-10-20(11-9-19)25-12-3-2-4-13-25/h5-11,14,16,23H,2-4,12-13,15H2,1H3,(H,24,26)/t16-/m0/s1. The Bertz CT molecular complexity index is 726. The summed E-state index contributed by atoms with van der Waals surface area (Å²) < 4.78 is 0. The van der Waals surface area contributed by atoms with E-state index in [0.29, 0.717) is 5.02 Å². The van der Waals surface area contributed by atoms with E-state index in [4.69, 9.17) is 11.6 Å². The van der Waals surface area contributed by atoms with Crippen LogP contribution in [0.2, 0.25) is 5.02 Å². The number of rotatable bonds is 6. The van der Waals surface area contributed by atoms with Crippen LogP contribution in [0.5, 0.6) is 0 Å². The molecular weight excluding hydrogens is 346 g/mol. The molecule has 1 aliphatic rings. The summed E-state index contributed by atoms with van der Waals surface area (Å²) in [6, 6.07) is 15.9. The van der Waals surface area contributed by atoms with Gasteiger partial charge in [0.05, 0.1) is 6.54 Å². The predicted octanol–water partition coefficient (Wildman–Crippen LogP) is 4.62. The minimum absolute atomic E-state index is 0.0513. The molecule has 1 amide bonds. The number of anilines is 2. The van der Waals surface area contributed by atoms with Crippen molar-refractivity contribution in [2.45, 2.75) is 32.2 Å².